The van der Waals surface area contributed by atoms with Gasteiger partial charge in [0, 0.05) is 37.6 Å². The summed E-state index contributed by atoms with van der Waals surface area (Å²) in [5.41, 5.74) is 4.43. The second-order valence-electron chi connectivity index (χ2n) is 7.43. The van der Waals surface area contributed by atoms with E-state index in [9.17, 15) is 9.18 Å². The first-order valence-corrected chi connectivity index (χ1v) is 11.9. The van der Waals surface area contributed by atoms with Crippen molar-refractivity contribution in [1.29, 1.82) is 0 Å². The molecule has 3 aromatic rings. The number of nitrogens with zero attached hydrogens (tertiary/aromatic N) is 4. The number of hydrogen-bond acceptors (Lipinski definition) is 7. The van der Waals surface area contributed by atoms with Crippen molar-refractivity contribution in [2.75, 3.05) is 42.1 Å². The van der Waals surface area contributed by atoms with E-state index in [2.05, 4.69) is 46.4 Å². The number of nitrogens with one attached hydrogen (secondary N) is 1. The zero-order chi connectivity index (χ0) is 21.8. The maximum atomic E-state index is 13.1. The summed E-state index contributed by atoms with van der Waals surface area (Å²) in [5, 5.41) is 12.4. The molecule has 1 N–H and O–H groups in total. The number of aromatic nitrogens is 2. The number of amides is 1. The lowest BCUT2D eigenvalue weighted by molar-refractivity contribution is -0.128. The molecule has 0 unspecified atom stereocenters. The minimum atomic E-state index is -0.237. The van der Waals surface area contributed by atoms with E-state index in [0.29, 0.717) is 24.0 Å². The van der Waals surface area contributed by atoms with Gasteiger partial charge in [-0.3, -0.25) is 4.79 Å². The Hall–Kier alpha value is -2.65. The number of rotatable bonds is 6. The van der Waals surface area contributed by atoms with Gasteiger partial charge in [0.1, 0.15) is 5.82 Å². The van der Waals surface area contributed by atoms with E-state index in [4.69, 9.17) is 0 Å². The number of carbonyl (C=O) groups is 1. The average molecular weight is 458 g/mol. The Bertz CT molecular complexity index is 1050. The number of aryl methyl sites for hydroxylation is 2. The highest BCUT2D eigenvalue weighted by molar-refractivity contribution is 8.01. The molecular weight excluding hydrogens is 433 g/mol. The van der Waals surface area contributed by atoms with Crippen molar-refractivity contribution in [3.8, 4) is 0 Å². The number of benzene rings is 2. The molecule has 1 saturated heterocycles. The minimum absolute atomic E-state index is 0.0997. The van der Waals surface area contributed by atoms with Crippen molar-refractivity contribution in [1.82, 2.24) is 15.1 Å². The van der Waals surface area contributed by atoms with Crippen LogP contribution in [-0.4, -0.2) is 52.9 Å². The van der Waals surface area contributed by atoms with Crippen molar-refractivity contribution in [3.63, 3.8) is 0 Å². The SMILES string of the molecule is Cc1ccc(Nc2nnc(SCC(=O)N3CCN(c4ccc(F)cc4)CC3)s2)cc1C. The zero-order valence-corrected chi connectivity index (χ0v) is 19.1. The fourth-order valence-electron chi connectivity index (χ4n) is 3.34. The maximum absolute atomic E-state index is 13.1. The summed E-state index contributed by atoms with van der Waals surface area (Å²) in [4.78, 5) is 16.7. The Morgan fingerprint density at radius 1 is 1.06 bits per heavy atom. The summed E-state index contributed by atoms with van der Waals surface area (Å²) in [6, 6.07) is 12.7. The molecule has 1 amide bonds. The van der Waals surface area contributed by atoms with Crippen LogP contribution in [-0.2, 0) is 4.79 Å². The number of piperazine rings is 1. The third-order valence-electron chi connectivity index (χ3n) is 5.31. The molecule has 0 saturated carbocycles. The Morgan fingerprint density at radius 3 is 2.52 bits per heavy atom. The molecule has 2 heterocycles. The van der Waals surface area contributed by atoms with Gasteiger partial charge in [-0.05, 0) is 61.4 Å². The summed E-state index contributed by atoms with van der Waals surface area (Å²) in [7, 11) is 0. The van der Waals surface area contributed by atoms with Gasteiger partial charge in [-0.1, -0.05) is 29.2 Å². The average Bonchev–Trinajstić information content (AvgIpc) is 3.22. The number of carbonyl (C=O) groups excluding carboxylic acids is 1. The van der Waals surface area contributed by atoms with Gasteiger partial charge in [-0.25, -0.2) is 4.39 Å². The Labute approximate surface area is 189 Å². The van der Waals surface area contributed by atoms with E-state index in [1.165, 1.54) is 46.4 Å². The lowest BCUT2D eigenvalue weighted by Gasteiger charge is -2.36. The summed E-state index contributed by atoms with van der Waals surface area (Å²) >= 11 is 2.86. The number of hydrogen-bond donors (Lipinski definition) is 1. The molecule has 9 heteroatoms. The molecule has 1 aromatic heterocycles. The van der Waals surface area contributed by atoms with Crippen molar-refractivity contribution < 1.29 is 9.18 Å². The van der Waals surface area contributed by atoms with Crippen LogP contribution in [0.4, 0.5) is 20.9 Å². The van der Waals surface area contributed by atoms with Crippen molar-refractivity contribution >= 4 is 45.5 Å². The second kappa shape index (κ2) is 9.65. The number of anilines is 3. The smallest absolute Gasteiger partial charge is 0.233 e. The van der Waals surface area contributed by atoms with Gasteiger partial charge in [0.2, 0.25) is 11.0 Å². The third-order valence-corrected chi connectivity index (χ3v) is 7.26. The number of thioether (sulfide) groups is 1. The molecule has 1 fully saturated rings. The molecule has 1 aliphatic heterocycles. The van der Waals surface area contributed by atoms with Crippen molar-refractivity contribution in [2.24, 2.45) is 0 Å². The molecule has 31 heavy (non-hydrogen) atoms. The van der Waals surface area contributed by atoms with Gasteiger partial charge < -0.3 is 15.1 Å². The highest BCUT2D eigenvalue weighted by atomic mass is 32.2. The van der Waals surface area contributed by atoms with Crippen LogP contribution in [0.2, 0.25) is 0 Å². The van der Waals surface area contributed by atoms with Crippen LogP contribution < -0.4 is 10.2 Å². The summed E-state index contributed by atoms with van der Waals surface area (Å²) < 4.78 is 13.9. The van der Waals surface area contributed by atoms with Crippen molar-refractivity contribution in [3.05, 3.63) is 59.4 Å². The van der Waals surface area contributed by atoms with Crippen LogP contribution in [0.3, 0.4) is 0 Å². The molecule has 2 aromatic carbocycles. The van der Waals surface area contributed by atoms with E-state index in [0.717, 1.165) is 28.8 Å². The monoisotopic (exact) mass is 457 g/mol. The molecule has 0 radical (unpaired) electrons. The minimum Gasteiger partial charge on any atom is -0.368 e. The third kappa shape index (κ3) is 5.54. The van der Waals surface area contributed by atoms with Crippen LogP contribution in [0.5, 0.6) is 0 Å². The molecular formula is C22H24FN5OS2. The van der Waals surface area contributed by atoms with Crippen LogP contribution in [0.1, 0.15) is 11.1 Å². The van der Waals surface area contributed by atoms with Gasteiger partial charge in [0.15, 0.2) is 4.34 Å². The van der Waals surface area contributed by atoms with Crippen LogP contribution in [0.15, 0.2) is 46.8 Å². The lowest BCUT2D eigenvalue weighted by Crippen LogP contribution is -2.49. The van der Waals surface area contributed by atoms with Crippen molar-refractivity contribution in [2.45, 2.75) is 18.2 Å². The van der Waals surface area contributed by atoms with Gasteiger partial charge in [0.05, 0.1) is 5.75 Å². The van der Waals surface area contributed by atoms with E-state index in [1.54, 1.807) is 12.1 Å². The predicted molar refractivity (Wildman–Crippen MR) is 125 cm³/mol. The predicted octanol–water partition coefficient (Wildman–Crippen LogP) is 4.48. The Balaban J connectivity index is 1.25. The fourth-order valence-corrected chi connectivity index (χ4v) is 5.02. The number of halogens is 1. The first-order chi connectivity index (χ1) is 15.0. The van der Waals surface area contributed by atoms with E-state index in [-0.39, 0.29) is 11.7 Å². The fraction of sp³-hybridized carbons (Fsp3) is 0.318. The van der Waals surface area contributed by atoms with Gasteiger partial charge in [0.25, 0.3) is 0 Å². The molecule has 0 atom stereocenters. The standard InChI is InChI=1S/C22H24FN5OS2/c1-15-3-6-18(13-16(15)2)24-21-25-26-22(31-21)30-14-20(29)28-11-9-27(10-12-28)19-7-4-17(23)5-8-19/h3-8,13H,9-12,14H2,1-2H3,(H,24,25). The van der Waals surface area contributed by atoms with Crippen LogP contribution >= 0.6 is 23.1 Å². The quantitative estimate of drug-likeness (QED) is 0.551. The lowest BCUT2D eigenvalue weighted by atomic mass is 10.1. The highest BCUT2D eigenvalue weighted by Crippen LogP contribution is 2.28. The topological polar surface area (TPSA) is 61.4 Å². The maximum Gasteiger partial charge on any atom is 0.233 e. The summed E-state index contributed by atoms with van der Waals surface area (Å²) in [6.07, 6.45) is 0. The molecule has 0 spiro atoms. The second-order valence-corrected chi connectivity index (χ2v) is 9.63. The first kappa shape index (κ1) is 21.6. The molecule has 1 aliphatic rings. The van der Waals surface area contributed by atoms with E-state index < -0.39 is 0 Å². The molecule has 4 rings (SSSR count). The molecule has 162 valence electrons. The zero-order valence-electron chi connectivity index (χ0n) is 17.5. The summed E-state index contributed by atoms with van der Waals surface area (Å²) in [5.74, 6) is 0.204. The van der Waals surface area contributed by atoms with E-state index in [1.807, 2.05) is 11.0 Å². The van der Waals surface area contributed by atoms with Crippen LogP contribution in [0.25, 0.3) is 0 Å². The normalized spacial score (nSPS) is 14.0. The molecule has 6 nitrogen and oxygen atoms in total. The van der Waals surface area contributed by atoms with Gasteiger partial charge in [-0.15, -0.1) is 10.2 Å². The molecule has 0 bridgehead atoms. The van der Waals surface area contributed by atoms with Gasteiger partial charge in [-0.2, -0.15) is 0 Å². The first-order valence-electron chi connectivity index (χ1n) is 10.1. The molecule has 0 aliphatic carbocycles. The van der Waals surface area contributed by atoms with Crippen LogP contribution in [0, 0.1) is 19.7 Å². The largest absolute Gasteiger partial charge is 0.368 e. The Kier molecular flexibility index (Phi) is 6.72. The summed E-state index contributed by atoms with van der Waals surface area (Å²) in [6.45, 7) is 6.96. The Morgan fingerprint density at radius 2 is 1.81 bits per heavy atom. The van der Waals surface area contributed by atoms with E-state index >= 15 is 0 Å². The van der Waals surface area contributed by atoms with Gasteiger partial charge >= 0.3 is 0 Å². The highest BCUT2D eigenvalue weighted by Gasteiger charge is 2.22.